The first-order valence-corrected chi connectivity index (χ1v) is 12.0. The highest BCUT2D eigenvalue weighted by atomic mass is 19.2. The number of amides is 1. The molecule has 8 heteroatoms. The highest BCUT2D eigenvalue weighted by Crippen LogP contribution is 2.27. The molecule has 0 unspecified atom stereocenters. The van der Waals surface area contributed by atoms with Gasteiger partial charge >= 0.3 is 0 Å². The van der Waals surface area contributed by atoms with E-state index in [2.05, 4.69) is 34.7 Å². The fourth-order valence-electron chi connectivity index (χ4n) is 4.57. The number of benzene rings is 2. The van der Waals surface area contributed by atoms with Crippen molar-refractivity contribution < 1.29 is 18.3 Å². The lowest BCUT2D eigenvalue weighted by molar-refractivity contribution is 0.0923. The van der Waals surface area contributed by atoms with Crippen LogP contribution in [0.5, 0.6) is 11.6 Å². The topological polar surface area (TPSA) is 76.1 Å². The molecule has 0 bridgehead atoms. The number of ether oxygens (including phenoxy) is 1. The van der Waals surface area contributed by atoms with E-state index in [0.717, 1.165) is 54.5 Å². The molecule has 36 heavy (non-hydrogen) atoms. The predicted octanol–water partition coefficient (Wildman–Crippen LogP) is 6.16. The van der Waals surface area contributed by atoms with Crippen LogP contribution in [0.2, 0.25) is 0 Å². The molecule has 0 spiro atoms. The first-order chi connectivity index (χ1) is 17.5. The van der Waals surface area contributed by atoms with Crippen molar-refractivity contribution in [3.8, 4) is 11.6 Å². The van der Waals surface area contributed by atoms with E-state index in [9.17, 15) is 13.6 Å². The molecule has 0 saturated heterocycles. The Bertz CT molecular complexity index is 1400. The first-order valence-electron chi connectivity index (χ1n) is 12.0. The van der Waals surface area contributed by atoms with Crippen molar-refractivity contribution in [2.45, 2.75) is 44.7 Å². The molecule has 2 N–H and O–H groups in total. The van der Waals surface area contributed by atoms with Crippen LogP contribution in [0.1, 0.15) is 41.6 Å². The van der Waals surface area contributed by atoms with Crippen LogP contribution in [0.3, 0.4) is 0 Å². The largest absolute Gasteiger partial charge is 0.438 e. The third-order valence-corrected chi connectivity index (χ3v) is 6.46. The zero-order chi connectivity index (χ0) is 25.1. The second-order valence-electron chi connectivity index (χ2n) is 9.04. The lowest BCUT2D eigenvalue weighted by atomic mass is 9.91. The van der Waals surface area contributed by atoms with Gasteiger partial charge in [-0.15, -0.1) is 0 Å². The number of carbonyl (C=O) groups is 1. The SMILES string of the molecule is Cc1cc(N[C@H]2CC[C@@H](NC(=O)c3cccnc3Oc3ccc(F)c(F)c3)CC2)nc2ccccc12. The van der Waals surface area contributed by atoms with Crippen LogP contribution in [0.25, 0.3) is 10.9 Å². The fourth-order valence-corrected chi connectivity index (χ4v) is 4.57. The number of nitrogens with zero attached hydrogens (tertiary/aromatic N) is 2. The molecule has 0 radical (unpaired) electrons. The molecule has 1 aliphatic rings. The van der Waals surface area contributed by atoms with Crippen molar-refractivity contribution in [3.63, 3.8) is 0 Å². The fraction of sp³-hybridized carbons (Fsp3) is 0.250. The third kappa shape index (κ3) is 5.27. The van der Waals surface area contributed by atoms with Crippen molar-refractivity contribution in [1.29, 1.82) is 0 Å². The number of hydrogen-bond acceptors (Lipinski definition) is 5. The summed E-state index contributed by atoms with van der Waals surface area (Å²) in [7, 11) is 0. The molecule has 5 rings (SSSR count). The van der Waals surface area contributed by atoms with Crippen molar-refractivity contribution in [2.75, 3.05) is 5.32 Å². The van der Waals surface area contributed by atoms with E-state index in [1.54, 1.807) is 12.1 Å². The molecule has 1 amide bonds. The number of anilines is 1. The number of carbonyl (C=O) groups excluding carboxylic acids is 1. The summed E-state index contributed by atoms with van der Waals surface area (Å²) in [4.78, 5) is 21.8. The molecule has 1 fully saturated rings. The van der Waals surface area contributed by atoms with E-state index in [1.807, 2.05) is 18.2 Å². The van der Waals surface area contributed by atoms with Crippen LogP contribution in [0.15, 0.2) is 66.9 Å². The summed E-state index contributed by atoms with van der Waals surface area (Å²) < 4.78 is 32.3. The minimum atomic E-state index is -1.03. The van der Waals surface area contributed by atoms with Gasteiger partial charge in [0.1, 0.15) is 17.1 Å². The van der Waals surface area contributed by atoms with E-state index in [0.29, 0.717) is 0 Å². The molecule has 2 heterocycles. The molecule has 2 aromatic heterocycles. The number of aryl methyl sites for hydroxylation is 1. The van der Waals surface area contributed by atoms with E-state index < -0.39 is 11.6 Å². The van der Waals surface area contributed by atoms with Gasteiger partial charge in [0.25, 0.3) is 5.91 Å². The Kier molecular flexibility index (Phi) is 6.75. The molecular weight excluding hydrogens is 462 g/mol. The number of hydrogen-bond donors (Lipinski definition) is 2. The van der Waals surface area contributed by atoms with E-state index in [1.165, 1.54) is 17.8 Å². The predicted molar refractivity (Wildman–Crippen MR) is 134 cm³/mol. The maximum atomic E-state index is 13.5. The Balaban J connectivity index is 1.19. The monoisotopic (exact) mass is 488 g/mol. The molecular formula is C28H26F2N4O2. The summed E-state index contributed by atoms with van der Waals surface area (Å²) in [5.74, 6) is -1.36. The summed E-state index contributed by atoms with van der Waals surface area (Å²) in [5.41, 5.74) is 2.39. The molecule has 4 aromatic rings. The average Bonchev–Trinajstić information content (AvgIpc) is 2.88. The first kappa shape index (κ1) is 23.7. The molecule has 2 aromatic carbocycles. The lowest BCUT2D eigenvalue weighted by Gasteiger charge is -2.30. The Morgan fingerprint density at radius 1 is 0.944 bits per heavy atom. The van der Waals surface area contributed by atoms with Gasteiger partial charge < -0.3 is 15.4 Å². The molecule has 0 atom stereocenters. The van der Waals surface area contributed by atoms with Gasteiger partial charge in [0.15, 0.2) is 11.6 Å². The van der Waals surface area contributed by atoms with Crippen molar-refractivity contribution in [3.05, 3.63) is 89.6 Å². The molecule has 0 aliphatic heterocycles. The Morgan fingerprint density at radius 2 is 1.72 bits per heavy atom. The van der Waals surface area contributed by atoms with Crippen LogP contribution in [0.4, 0.5) is 14.6 Å². The lowest BCUT2D eigenvalue weighted by Crippen LogP contribution is -2.40. The maximum absolute atomic E-state index is 13.5. The molecule has 1 saturated carbocycles. The molecule has 6 nitrogen and oxygen atoms in total. The average molecular weight is 489 g/mol. The maximum Gasteiger partial charge on any atom is 0.257 e. The van der Waals surface area contributed by atoms with Crippen LogP contribution in [-0.4, -0.2) is 28.0 Å². The number of fused-ring (bicyclic) bond motifs is 1. The van der Waals surface area contributed by atoms with Gasteiger partial charge in [-0.3, -0.25) is 4.79 Å². The summed E-state index contributed by atoms with van der Waals surface area (Å²) in [6.45, 7) is 2.09. The van der Waals surface area contributed by atoms with Gasteiger partial charge in [-0.1, -0.05) is 18.2 Å². The van der Waals surface area contributed by atoms with Crippen molar-refractivity contribution in [1.82, 2.24) is 15.3 Å². The second-order valence-corrected chi connectivity index (χ2v) is 9.04. The highest BCUT2D eigenvalue weighted by Gasteiger charge is 2.25. The van der Waals surface area contributed by atoms with E-state index >= 15 is 0 Å². The summed E-state index contributed by atoms with van der Waals surface area (Å²) in [6.07, 6.45) is 4.89. The summed E-state index contributed by atoms with van der Waals surface area (Å²) in [5, 5.41) is 7.77. The Hall–Kier alpha value is -4.07. The summed E-state index contributed by atoms with van der Waals surface area (Å²) >= 11 is 0. The summed E-state index contributed by atoms with van der Waals surface area (Å²) in [6, 6.07) is 16.9. The van der Waals surface area contributed by atoms with E-state index in [4.69, 9.17) is 9.72 Å². The highest BCUT2D eigenvalue weighted by molar-refractivity contribution is 5.96. The minimum Gasteiger partial charge on any atom is -0.438 e. The van der Waals surface area contributed by atoms with Gasteiger partial charge in [-0.2, -0.15) is 0 Å². The standard InChI is InChI=1S/C28H26F2N4O2/c1-17-15-26(34-25-7-3-2-5-21(17)25)32-18-8-10-19(11-9-18)33-27(35)22-6-4-14-31-28(22)36-20-12-13-23(29)24(30)16-20/h2-7,12-16,18-19H,8-11H2,1H3,(H,32,34)(H,33,35)/t18-,19+. The van der Waals surface area contributed by atoms with Gasteiger partial charge in [-0.05, 0) is 74.6 Å². The van der Waals surface area contributed by atoms with E-state index in [-0.39, 0.29) is 35.2 Å². The second kappa shape index (κ2) is 10.3. The number of para-hydroxylation sites is 1. The van der Waals surface area contributed by atoms with Crippen LogP contribution >= 0.6 is 0 Å². The Morgan fingerprint density at radius 3 is 2.53 bits per heavy atom. The number of pyridine rings is 2. The zero-order valence-corrected chi connectivity index (χ0v) is 19.8. The smallest absolute Gasteiger partial charge is 0.257 e. The number of aromatic nitrogens is 2. The van der Waals surface area contributed by atoms with Crippen molar-refractivity contribution >= 4 is 22.6 Å². The zero-order valence-electron chi connectivity index (χ0n) is 19.8. The molecule has 184 valence electrons. The number of halogens is 2. The normalized spacial score (nSPS) is 17.5. The number of rotatable bonds is 6. The van der Waals surface area contributed by atoms with Gasteiger partial charge in [-0.25, -0.2) is 18.7 Å². The van der Waals surface area contributed by atoms with Gasteiger partial charge in [0, 0.05) is 29.7 Å². The van der Waals surface area contributed by atoms with Gasteiger partial charge in [0.2, 0.25) is 5.88 Å². The van der Waals surface area contributed by atoms with Crippen LogP contribution < -0.4 is 15.4 Å². The van der Waals surface area contributed by atoms with Crippen molar-refractivity contribution in [2.24, 2.45) is 0 Å². The van der Waals surface area contributed by atoms with Gasteiger partial charge in [0.05, 0.1) is 5.52 Å². The van der Waals surface area contributed by atoms with Crippen LogP contribution in [0, 0.1) is 18.6 Å². The quantitative estimate of drug-likeness (QED) is 0.340. The van der Waals surface area contributed by atoms with Crippen LogP contribution in [-0.2, 0) is 0 Å². The molecule has 1 aliphatic carbocycles. The minimum absolute atomic E-state index is 0.0122. The Labute approximate surface area is 207 Å². The number of nitrogens with one attached hydrogen (secondary N) is 2. The third-order valence-electron chi connectivity index (χ3n) is 6.46.